The summed E-state index contributed by atoms with van der Waals surface area (Å²) < 4.78 is 38.2. The third-order valence-corrected chi connectivity index (χ3v) is 3.54. The van der Waals surface area contributed by atoms with Gasteiger partial charge in [0.1, 0.15) is 5.54 Å². The maximum Gasteiger partial charge on any atom is 0.406 e. The minimum atomic E-state index is -4.15. The van der Waals surface area contributed by atoms with Crippen LogP contribution in [0.3, 0.4) is 0 Å². The topological polar surface area (TPSA) is 27.8 Å². The minimum Gasteiger partial charge on any atom is -0.361 e. The fourth-order valence-corrected chi connectivity index (χ4v) is 2.16. The highest BCUT2D eigenvalue weighted by molar-refractivity contribution is 5.79. The molecule has 1 aromatic carbocycles. The molecule has 18 heavy (non-hydrogen) atoms. The van der Waals surface area contributed by atoms with Crippen molar-refractivity contribution in [3.63, 3.8) is 0 Å². The van der Waals surface area contributed by atoms with Crippen molar-refractivity contribution >= 4 is 10.9 Å². The zero-order valence-corrected chi connectivity index (χ0v) is 9.64. The average molecular weight is 254 g/mol. The number of aromatic nitrogens is 1. The summed E-state index contributed by atoms with van der Waals surface area (Å²) in [6.07, 6.45) is -1.97. The van der Waals surface area contributed by atoms with E-state index < -0.39 is 11.7 Å². The molecule has 5 heteroatoms. The normalized spacial score (nSPS) is 18.2. The van der Waals surface area contributed by atoms with Crippen molar-refractivity contribution in [1.82, 2.24) is 10.3 Å². The first-order chi connectivity index (χ1) is 8.50. The lowest BCUT2D eigenvalue weighted by atomic mass is 10.1. The summed E-state index contributed by atoms with van der Waals surface area (Å²) in [4.78, 5) is 3.05. The van der Waals surface area contributed by atoms with E-state index in [-0.39, 0.29) is 19.4 Å². The van der Waals surface area contributed by atoms with Crippen molar-refractivity contribution < 1.29 is 13.2 Å². The standard InChI is InChI=1S/C13H13F3N2/c14-13(15,16)12(4-5-12)18-8-9-1-2-10-3-6-17-11(10)7-9/h1-3,6-7,17-18H,4-5,8H2. The van der Waals surface area contributed by atoms with E-state index in [4.69, 9.17) is 0 Å². The molecule has 2 N–H and O–H groups in total. The van der Waals surface area contributed by atoms with Gasteiger partial charge >= 0.3 is 6.18 Å². The second-order valence-electron chi connectivity index (χ2n) is 4.83. The van der Waals surface area contributed by atoms with Gasteiger partial charge in [-0.05, 0) is 35.9 Å². The van der Waals surface area contributed by atoms with Gasteiger partial charge in [0.2, 0.25) is 0 Å². The van der Waals surface area contributed by atoms with Crippen molar-refractivity contribution in [3.8, 4) is 0 Å². The molecule has 0 unspecified atom stereocenters. The third kappa shape index (κ3) is 1.88. The lowest BCUT2D eigenvalue weighted by Crippen LogP contribution is -2.44. The van der Waals surface area contributed by atoms with Gasteiger partial charge in [-0.25, -0.2) is 0 Å². The van der Waals surface area contributed by atoms with Crippen LogP contribution in [0.15, 0.2) is 30.5 Å². The van der Waals surface area contributed by atoms with Gasteiger partial charge in [-0.15, -0.1) is 0 Å². The van der Waals surface area contributed by atoms with Crippen LogP contribution in [0.5, 0.6) is 0 Å². The molecule has 1 heterocycles. The number of alkyl halides is 3. The van der Waals surface area contributed by atoms with Crippen LogP contribution in [-0.2, 0) is 6.54 Å². The van der Waals surface area contributed by atoms with Gasteiger partial charge in [0.15, 0.2) is 0 Å². The minimum absolute atomic E-state index is 0.182. The first-order valence-electron chi connectivity index (χ1n) is 5.88. The lowest BCUT2D eigenvalue weighted by molar-refractivity contribution is -0.166. The first kappa shape index (κ1) is 11.6. The molecular formula is C13H13F3N2. The maximum absolute atomic E-state index is 12.7. The number of rotatable bonds is 3. The zero-order valence-electron chi connectivity index (χ0n) is 9.64. The van der Waals surface area contributed by atoms with Crippen LogP contribution in [0.2, 0.25) is 0 Å². The van der Waals surface area contributed by atoms with Crippen LogP contribution in [0, 0.1) is 0 Å². The molecule has 3 rings (SSSR count). The van der Waals surface area contributed by atoms with E-state index in [1.807, 2.05) is 30.5 Å². The monoisotopic (exact) mass is 254 g/mol. The van der Waals surface area contributed by atoms with Crippen LogP contribution in [0.4, 0.5) is 13.2 Å². The fourth-order valence-electron chi connectivity index (χ4n) is 2.16. The molecule has 0 spiro atoms. The number of hydrogen-bond acceptors (Lipinski definition) is 1. The van der Waals surface area contributed by atoms with Crippen molar-refractivity contribution in [2.45, 2.75) is 31.1 Å². The van der Waals surface area contributed by atoms with E-state index >= 15 is 0 Å². The highest BCUT2D eigenvalue weighted by Crippen LogP contribution is 2.49. The smallest absolute Gasteiger partial charge is 0.361 e. The Morgan fingerprint density at radius 1 is 1.22 bits per heavy atom. The number of aromatic amines is 1. The second-order valence-corrected chi connectivity index (χ2v) is 4.83. The molecule has 0 atom stereocenters. The Kier molecular flexibility index (Phi) is 2.41. The van der Waals surface area contributed by atoms with Gasteiger partial charge in [-0.3, -0.25) is 5.32 Å². The lowest BCUT2D eigenvalue weighted by Gasteiger charge is -2.20. The summed E-state index contributed by atoms with van der Waals surface area (Å²) in [5.41, 5.74) is 0.171. The van der Waals surface area contributed by atoms with Crippen molar-refractivity contribution in [2.75, 3.05) is 0 Å². The Bertz CT molecular complexity index is 567. The average Bonchev–Trinajstić information content (AvgIpc) is 2.98. The summed E-state index contributed by atoms with van der Waals surface area (Å²) in [5.74, 6) is 0. The number of hydrogen-bond donors (Lipinski definition) is 2. The highest BCUT2D eigenvalue weighted by atomic mass is 19.4. The molecule has 0 aliphatic heterocycles. The zero-order chi connectivity index (χ0) is 12.8. The predicted molar refractivity (Wildman–Crippen MR) is 63.2 cm³/mol. The summed E-state index contributed by atoms with van der Waals surface area (Å²) >= 11 is 0. The molecule has 1 saturated carbocycles. The van der Waals surface area contributed by atoms with Crippen molar-refractivity contribution in [3.05, 3.63) is 36.0 Å². The Morgan fingerprint density at radius 2 is 2.00 bits per heavy atom. The van der Waals surface area contributed by atoms with Gasteiger partial charge in [-0.2, -0.15) is 13.2 Å². The van der Waals surface area contributed by atoms with Crippen molar-refractivity contribution in [2.24, 2.45) is 0 Å². The molecule has 1 aromatic heterocycles. The van der Waals surface area contributed by atoms with E-state index in [2.05, 4.69) is 10.3 Å². The van der Waals surface area contributed by atoms with Crippen LogP contribution in [-0.4, -0.2) is 16.7 Å². The van der Waals surface area contributed by atoms with Crippen LogP contribution in [0.25, 0.3) is 10.9 Å². The van der Waals surface area contributed by atoms with Gasteiger partial charge in [0, 0.05) is 18.3 Å². The second kappa shape index (κ2) is 3.75. The van der Waals surface area contributed by atoms with Gasteiger partial charge in [-0.1, -0.05) is 12.1 Å². The molecule has 1 aliphatic rings. The largest absolute Gasteiger partial charge is 0.406 e. The SMILES string of the molecule is FC(F)(F)C1(NCc2ccc3cc[nH]c3c2)CC1. The molecule has 2 nitrogen and oxygen atoms in total. The Morgan fingerprint density at radius 3 is 2.67 bits per heavy atom. The molecule has 0 bridgehead atoms. The molecule has 96 valence electrons. The molecule has 0 saturated heterocycles. The van der Waals surface area contributed by atoms with Crippen LogP contribution >= 0.6 is 0 Å². The van der Waals surface area contributed by atoms with Crippen LogP contribution in [0.1, 0.15) is 18.4 Å². The van der Waals surface area contributed by atoms with Gasteiger partial charge < -0.3 is 4.98 Å². The van der Waals surface area contributed by atoms with E-state index in [9.17, 15) is 13.2 Å². The number of halogens is 3. The van der Waals surface area contributed by atoms with E-state index in [1.54, 1.807) is 0 Å². The molecule has 2 aromatic rings. The van der Waals surface area contributed by atoms with Crippen LogP contribution < -0.4 is 5.32 Å². The fraction of sp³-hybridized carbons (Fsp3) is 0.385. The summed E-state index contributed by atoms with van der Waals surface area (Å²) in [6.45, 7) is 0.245. The number of benzene rings is 1. The van der Waals surface area contributed by atoms with E-state index in [0.29, 0.717) is 0 Å². The Hall–Kier alpha value is -1.49. The summed E-state index contributed by atoms with van der Waals surface area (Å²) in [7, 11) is 0. The molecule has 0 radical (unpaired) electrons. The molecular weight excluding hydrogens is 241 g/mol. The predicted octanol–water partition coefficient (Wildman–Crippen LogP) is 3.35. The molecule has 1 aliphatic carbocycles. The Labute approximate surface area is 102 Å². The van der Waals surface area contributed by atoms with Gasteiger partial charge in [0.05, 0.1) is 0 Å². The third-order valence-electron chi connectivity index (χ3n) is 3.54. The Balaban J connectivity index is 1.73. The summed E-state index contributed by atoms with van der Waals surface area (Å²) in [6, 6.07) is 7.59. The van der Waals surface area contributed by atoms with E-state index in [0.717, 1.165) is 16.5 Å². The number of H-pyrrole nitrogens is 1. The number of fused-ring (bicyclic) bond motifs is 1. The quantitative estimate of drug-likeness (QED) is 0.863. The van der Waals surface area contributed by atoms with Gasteiger partial charge in [0.25, 0.3) is 0 Å². The number of nitrogens with one attached hydrogen (secondary N) is 2. The first-order valence-corrected chi connectivity index (χ1v) is 5.88. The van der Waals surface area contributed by atoms with E-state index in [1.165, 1.54) is 0 Å². The highest BCUT2D eigenvalue weighted by Gasteiger charge is 2.62. The molecule has 1 fully saturated rings. The summed E-state index contributed by atoms with van der Waals surface area (Å²) in [5, 5.41) is 3.71. The molecule has 0 amide bonds. The maximum atomic E-state index is 12.7. The van der Waals surface area contributed by atoms with Crippen molar-refractivity contribution in [1.29, 1.82) is 0 Å².